The number of thioether (sulfide) groups is 1. The molecule has 1 atom stereocenters. The van der Waals surface area contributed by atoms with Gasteiger partial charge in [-0.3, -0.25) is 4.79 Å². The van der Waals surface area contributed by atoms with Gasteiger partial charge in [-0.05, 0) is 49.4 Å². The molecule has 0 bridgehead atoms. The fourth-order valence-corrected chi connectivity index (χ4v) is 5.76. The van der Waals surface area contributed by atoms with Crippen molar-refractivity contribution >= 4 is 33.4 Å². The molecule has 1 saturated carbocycles. The zero-order chi connectivity index (χ0) is 20.4. The third kappa shape index (κ3) is 4.85. The van der Waals surface area contributed by atoms with Crippen LogP contribution < -0.4 is 9.62 Å². The van der Waals surface area contributed by atoms with Crippen LogP contribution in [0, 0.1) is 5.92 Å². The average molecular weight is 431 g/mol. The molecule has 4 rings (SSSR count). The van der Waals surface area contributed by atoms with Crippen molar-refractivity contribution in [1.29, 1.82) is 0 Å². The molecule has 0 radical (unpaired) electrons. The van der Waals surface area contributed by atoms with Crippen molar-refractivity contribution in [3.05, 3.63) is 54.1 Å². The minimum absolute atomic E-state index is 0.106. The summed E-state index contributed by atoms with van der Waals surface area (Å²) in [6.07, 6.45) is 3.43. The Morgan fingerprint density at radius 3 is 2.66 bits per heavy atom. The van der Waals surface area contributed by atoms with E-state index in [1.165, 1.54) is 5.56 Å². The third-order valence-electron chi connectivity index (χ3n) is 5.27. The van der Waals surface area contributed by atoms with E-state index in [2.05, 4.69) is 11.6 Å². The largest absolute Gasteiger partial charge is 0.310 e. The third-order valence-corrected chi connectivity index (χ3v) is 7.88. The van der Waals surface area contributed by atoms with Crippen molar-refractivity contribution < 1.29 is 13.2 Å². The highest BCUT2D eigenvalue weighted by Crippen LogP contribution is 2.42. The number of anilines is 1. The molecule has 1 aliphatic heterocycles. The van der Waals surface area contributed by atoms with Gasteiger partial charge in [0.25, 0.3) is 0 Å². The minimum Gasteiger partial charge on any atom is -0.310 e. The van der Waals surface area contributed by atoms with Gasteiger partial charge in [0.05, 0.1) is 10.6 Å². The number of fused-ring (bicyclic) bond motifs is 1. The van der Waals surface area contributed by atoms with E-state index in [4.69, 9.17) is 0 Å². The maximum Gasteiger partial charge on any atom is 0.240 e. The Hall–Kier alpha value is -1.83. The highest BCUT2D eigenvalue weighted by atomic mass is 32.2. The van der Waals surface area contributed by atoms with Crippen LogP contribution in [0.15, 0.2) is 58.3 Å². The van der Waals surface area contributed by atoms with Crippen LogP contribution in [0.25, 0.3) is 0 Å². The van der Waals surface area contributed by atoms with E-state index in [1.807, 2.05) is 36.4 Å². The van der Waals surface area contributed by atoms with E-state index in [0.717, 1.165) is 36.3 Å². The normalized spacial score (nSPS) is 19.1. The Morgan fingerprint density at radius 1 is 1.17 bits per heavy atom. The van der Waals surface area contributed by atoms with E-state index in [0.29, 0.717) is 18.3 Å². The first-order chi connectivity index (χ1) is 13.9. The minimum atomic E-state index is -3.61. The molecule has 1 N–H and O–H groups in total. The maximum atomic E-state index is 12.8. The van der Waals surface area contributed by atoms with E-state index >= 15 is 0 Å². The van der Waals surface area contributed by atoms with Gasteiger partial charge in [-0.15, -0.1) is 11.8 Å². The van der Waals surface area contributed by atoms with Gasteiger partial charge < -0.3 is 4.90 Å². The van der Waals surface area contributed by atoms with Gasteiger partial charge in [0.1, 0.15) is 0 Å². The molecule has 2 aromatic rings. The molecule has 7 heteroatoms. The fourth-order valence-electron chi connectivity index (χ4n) is 3.57. The van der Waals surface area contributed by atoms with Gasteiger partial charge in [0, 0.05) is 29.2 Å². The van der Waals surface area contributed by atoms with Gasteiger partial charge >= 0.3 is 0 Å². The van der Waals surface area contributed by atoms with Crippen molar-refractivity contribution in [1.82, 2.24) is 4.72 Å². The number of rotatable bonds is 7. The smallest absolute Gasteiger partial charge is 0.240 e. The highest BCUT2D eigenvalue weighted by molar-refractivity contribution is 8.00. The Morgan fingerprint density at radius 2 is 1.93 bits per heavy atom. The number of nitrogens with zero attached hydrogens (tertiary/aromatic N) is 1. The average Bonchev–Trinajstić information content (AvgIpc) is 3.56. The lowest BCUT2D eigenvalue weighted by atomic mass is 10.1. The van der Waals surface area contributed by atoms with Gasteiger partial charge in [0.2, 0.25) is 15.9 Å². The molecule has 1 heterocycles. The highest BCUT2D eigenvalue weighted by Gasteiger charge is 2.37. The maximum absolute atomic E-state index is 12.8. The predicted molar refractivity (Wildman–Crippen MR) is 117 cm³/mol. The number of nitrogens with one attached hydrogen (secondary N) is 1. The molecule has 154 valence electrons. The first-order valence-electron chi connectivity index (χ1n) is 10.1. The lowest BCUT2D eigenvalue weighted by Crippen LogP contribution is -2.39. The monoisotopic (exact) mass is 430 g/mol. The van der Waals surface area contributed by atoms with Crippen molar-refractivity contribution in [2.24, 2.45) is 5.92 Å². The fraction of sp³-hybridized carbons (Fsp3) is 0.409. The Labute approximate surface area is 176 Å². The Bertz CT molecular complexity index is 988. The van der Waals surface area contributed by atoms with Crippen LogP contribution >= 0.6 is 11.8 Å². The topological polar surface area (TPSA) is 66.5 Å². The summed E-state index contributed by atoms with van der Waals surface area (Å²) >= 11 is 1.69. The standard InChI is InChI=1S/C22H26N2O3S2/c1-16-15-24(22(25)18-9-10-18)20-14-19(11-12-21(20)28-16)29(26,27)23-13-5-8-17-6-3-2-4-7-17/h2-4,6-7,11-12,14,16,18,23H,5,8-10,13,15H2,1H3. The van der Waals surface area contributed by atoms with Crippen molar-refractivity contribution in [2.75, 3.05) is 18.0 Å². The second kappa shape index (κ2) is 8.50. The zero-order valence-corrected chi connectivity index (χ0v) is 18.1. The van der Waals surface area contributed by atoms with Crippen LogP contribution in [0.1, 0.15) is 31.7 Å². The summed E-state index contributed by atoms with van der Waals surface area (Å²) in [6.45, 7) is 3.10. The number of benzene rings is 2. The van der Waals surface area contributed by atoms with Crippen LogP contribution in [0.2, 0.25) is 0 Å². The molecule has 1 fully saturated rings. The lowest BCUT2D eigenvalue weighted by Gasteiger charge is -2.33. The zero-order valence-electron chi connectivity index (χ0n) is 16.5. The summed E-state index contributed by atoms with van der Waals surface area (Å²) in [5, 5.41) is 0.295. The van der Waals surface area contributed by atoms with Gasteiger partial charge in [0.15, 0.2) is 0 Å². The summed E-state index contributed by atoms with van der Waals surface area (Å²) in [5.41, 5.74) is 1.93. The molecule has 2 aromatic carbocycles. The number of carbonyl (C=O) groups is 1. The van der Waals surface area contributed by atoms with E-state index in [1.54, 1.807) is 28.8 Å². The summed E-state index contributed by atoms with van der Waals surface area (Å²) in [7, 11) is -3.61. The first kappa shape index (κ1) is 20.4. The Kier molecular flexibility index (Phi) is 5.99. The molecule has 1 amide bonds. The molecule has 1 aliphatic carbocycles. The van der Waals surface area contributed by atoms with Crippen LogP contribution in [-0.2, 0) is 21.2 Å². The summed E-state index contributed by atoms with van der Waals surface area (Å²) in [4.78, 5) is 15.7. The first-order valence-corrected chi connectivity index (χ1v) is 12.5. The summed E-state index contributed by atoms with van der Waals surface area (Å²) < 4.78 is 28.3. The van der Waals surface area contributed by atoms with Gasteiger partial charge in [-0.1, -0.05) is 37.3 Å². The number of aryl methyl sites for hydroxylation is 1. The van der Waals surface area contributed by atoms with Gasteiger partial charge in [-0.25, -0.2) is 13.1 Å². The predicted octanol–water partition coefficient (Wildman–Crippen LogP) is 3.83. The lowest BCUT2D eigenvalue weighted by molar-refractivity contribution is -0.119. The molecule has 5 nitrogen and oxygen atoms in total. The second-order valence-electron chi connectivity index (χ2n) is 7.77. The molecule has 1 unspecified atom stereocenters. The SMILES string of the molecule is CC1CN(C(=O)C2CC2)c2cc(S(=O)(=O)NCCCc3ccccc3)ccc2S1. The molecule has 29 heavy (non-hydrogen) atoms. The molecular weight excluding hydrogens is 404 g/mol. The molecule has 2 aliphatic rings. The van der Waals surface area contributed by atoms with E-state index in [9.17, 15) is 13.2 Å². The van der Waals surface area contributed by atoms with Crippen molar-refractivity contribution in [3.8, 4) is 0 Å². The summed E-state index contributed by atoms with van der Waals surface area (Å²) in [5.74, 6) is 0.235. The van der Waals surface area contributed by atoms with Crippen LogP contribution in [0.3, 0.4) is 0 Å². The van der Waals surface area contributed by atoms with Gasteiger partial charge in [-0.2, -0.15) is 0 Å². The number of amides is 1. The number of carbonyl (C=O) groups excluding carboxylic acids is 1. The molecular formula is C22H26N2O3S2. The van der Waals surface area contributed by atoms with E-state index < -0.39 is 10.0 Å². The van der Waals surface area contributed by atoms with Crippen LogP contribution in [-0.4, -0.2) is 32.7 Å². The second-order valence-corrected chi connectivity index (χ2v) is 11.0. The van der Waals surface area contributed by atoms with Crippen molar-refractivity contribution in [2.45, 2.75) is 47.6 Å². The summed E-state index contributed by atoms with van der Waals surface area (Å²) in [6, 6.07) is 15.2. The molecule has 0 aromatic heterocycles. The number of hydrogen-bond acceptors (Lipinski definition) is 4. The molecule has 0 spiro atoms. The quantitative estimate of drug-likeness (QED) is 0.678. The van der Waals surface area contributed by atoms with Crippen LogP contribution in [0.5, 0.6) is 0 Å². The molecule has 0 saturated heterocycles. The number of hydrogen-bond donors (Lipinski definition) is 1. The van der Waals surface area contributed by atoms with E-state index in [-0.39, 0.29) is 16.7 Å². The Balaban J connectivity index is 1.46. The van der Waals surface area contributed by atoms with Crippen molar-refractivity contribution in [3.63, 3.8) is 0 Å². The van der Waals surface area contributed by atoms with Crippen LogP contribution in [0.4, 0.5) is 5.69 Å². The number of sulfonamides is 1.